The van der Waals surface area contributed by atoms with Crippen LogP contribution in [0.1, 0.15) is 20.3 Å². The Morgan fingerprint density at radius 2 is 1.64 bits per heavy atom. The van der Waals surface area contributed by atoms with Crippen LogP contribution in [-0.2, 0) is 14.3 Å². The summed E-state index contributed by atoms with van der Waals surface area (Å²) < 4.78 is 5.27. The zero-order valence-electron chi connectivity index (χ0n) is 16.4. The molecule has 9 heteroatoms. The molecule has 0 saturated carbocycles. The minimum Gasteiger partial charge on any atom is -0.379 e. The fourth-order valence-electron chi connectivity index (χ4n) is 2.90. The van der Waals surface area contributed by atoms with Crippen molar-refractivity contribution in [2.75, 3.05) is 43.5 Å². The fourth-order valence-corrected chi connectivity index (χ4v) is 2.90. The number of nitrogens with zero attached hydrogens (tertiary/aromatic N) is 1. The number of urea groups is 1. The summed E-state index contributed by atoms with van der Waals surface area (Å²) in [5.74, 6) is -0.218. The predicted molar refractivity (Wildman–Crippen MR) is 107 cm³/mol. The molecule has 154 valence electrons. The molecule has 1 aliphatic heterocycles. The molecule has 1 aromatic carbocycles. The van der Waals surface area contributed by atoms with Gasteiger partial charge in [0.05, 0.1) is 19.8 Å². The number of ether oxygens (including phenoxy) is 1. The minimum atomic E-state index is -0.737. The van der Waals surface area contributed by atoms with Crippen LogP contribution >= 0.6 is 0 Å². The summed E-state index contributed by atoms with van der Waals surface area (Å²) in [7, 11) is 0. The lowest BCUT2D eigenvalue weighted by Crippen LogP contribution is -2.46. The third-order valence-corrected chi connectivity index (χ3v) is 4.25. The van der Waals surface area contributed by atoms with Crippen LogP contribution in [0.5, 0.6) is 0 Å². The Balaban J connectivity index is 1.87. The van der Waals surface area contributed by atoms with Gasteiger partial charge in [-0.3, -0.25) is 14.5 Å². The fraction of sp³-hybridized carbons (Fsp3) is 0.526. The highest BCUT2D eigenvalue weighted by Crippen LogP contribution is 2.15. The zero-order valence-corrected chi connectivity index (χ0v) is 16.4. The molecule has 1 atom stereocenters. The molecule has 4 amide bonds. The van der Waals surface area contributed by atoms with Crippen LogP contribution in [0.25, 0.3) is 0 Å². The molecule has 1 heterocycles. The third kappa shape index (κ3) is 7.53. The van der Waals surface area contributed by atoms with Crippen LogP contribution in [0.2, 0.25) is 0 Å². The van der Waals surface area contributed by atoms with Crippen LogP contribution in [0, 0.1) is 5.92 Å². The van der Waals surface area contributed by atoms with Crippen molar-refractivity contribution in [2.24, 2.45) is 11.7 Å². The van der Waals surface area contributed by atoms with E-state index < -0.39 is 12.1 Å². The number of morpholine rings is 1. The lowest BCUT2D eigenvalue weighted by molar-refractivity contribution is -0.119. The van der Waals surface area contributed by atoms with Gasteiger partial charge in [0.25, 0.3) is 0 Å². The van der Waals surface area contributed by atoms with E-state index in [4.69, 9.17) is 10.5 Å². The molecule has 5 N–H and O–H groups in total. The van der Waals surface area contributed by atoms with E-state index >= 15 is 0 Å². The average molecular weight is 391 g/mol. The largest absolute Gasteiger partial charge is 0.379 e. The van der Waals surface area contributed by atoms with Gasteiger partial charge in [0.2, 0.25) is 11.8 Å². The summed E-state index contributed by atoms with van der Waals surface area (Å²) >= 11 is 0. The Bertz CT molecular complexity index is 671. The summed E-state index contributed by atoms with van der Waals surface area (Å²) in [6, 6.07) is 5.37. The second-order valence-corrected chi connectivity index (χ2v) is 7.19. The Hall–Kier alpha value is -2.65. The maximum absolute atomic E-state index is 12.4. The quantitative estimate of drug-likeness (QED) is 0.526. The number of hydrogen-bond acceptors (Lipinski definition) is 5. The van der Waals surface area contributed by atoms with Gasteiger partial charge in [0, 0.05) is 24.5 Å². The third-order valence-electron chi connectivity index (χ3n) is 4.25. The number of benzene rings is 1. The molecule has 2 rings (SSSR count). The van der Waals surface area contributed by atoms with Crippen molar-refractivity contribution in [3.63, 3.8) is 0 Å². The number of primary amides is 1. The van der Waals surface area contributed by atoms with Crippen LogP contribution in [0.15, 0.2) is 24.3 Å². The SMILES string of the molecule is CC(C)CC(NC(N)=O)C(=O)Nc1ccc(NC(=O)CN2CCOCC2)cc1. The van der Waals surface area contributed by atoms with Crippen LogP contribution in [0.4, 0.5) is 16.2 Å². The van der Waals surface area contributed by atoms with Gasteiger partial charge in [-0.2, -0.15) is 0 Å². The van der Waals surface area contributed by atoms with Crippen LogP contribution < -0.4 is 21.7 Å². The number of rotatable bonds is 8. The number of nitrogens with two attached hydrogens (primary N) is 1. The molecule has 0 aliphatic carbocycles. The van der Waals surface area contributed by atoms with E-state index in [1.807, 2.05) is 18.7 Å². The average Bonchev–Trinajstić information content (AvgIpc) is 2.63. The van der Waals surface area contributed by atoms with Gasteiger partial charge in [-0.25, -0.2) is 4.79 Å². The summed E-state index contributed by atoms with van der Waals surface area (Å²) in [6.07, 6.45) is 0.477. The van der Waals surface area contributed by atoms with Crippen molar-refractivity contribution in [3.05, 3.63) is 24.3 Å². The highest BCUT2D eigenvalue weighted by molar-refractivity contribution is 5.97. The van der Waals surface area contributed by atoms with Crippen LogP contribution in [0.3, 0.4) is 0 Å². The Morgan fingerprint density at radius 1 is 1.07 bits per heavy atom. The Kier molecular flexibility index (Phi) is 8.21. The second-order valence-electron chi connectivity index (χ2n) is 7.19. The van der Waals surface area contributed by atoms with Gasteiger partial charge in [0.1, 0.15) is 6.04 Å². The lowest BCUT2D eigenvalue weighted by atomic mass is 10.0. The molecule has 1 fully saturated rings. The van der Waals surface area contributed by atoms with Gasteiger partial charge < -0.3 is 26.4 Å². The molecule has 0 aromatic heterocycles. The first-order valence-electron chi connectivity index (χ1n) is 9.40. The first-order valence-corrected chi connectivity index (χ1v) is 9.40. The maximum Gasteiger partial charge on any atom is 0.312 e. The molecule has 0 spiro atoms. The van der Waals surface area contributed by atoms with Gasteiger partial charge in [0.15, 0.2) is 0 Å². The van der Waals surface area contributed by atoms with E-state index in [2.05, 4.69) is 16.0 Å². The predicted octanol–water partition coefficient (Wildman–Crippen LogP) is 0.979. The summed E-state index contributed by atoms with van der Waals surface area (Å²) in [4.78, 5) is 37.7. The van der Waals surface area contributed by atoms with Gasteiger partial charge in [-0.05, 0) is 36.6 Å². The van der Waals surface area contributed by atoms with Crippen molar-refractivity contribution in [1.82, 2.24) is 10.2 Å². The first kappa shape index (κ1) is 21.6. The highest BCUT2D eigenvalue weighted by Gasteiger charge is 2.21. The van der Waals surface area contributed by atoms with Gasteiger partial charge in [-0.1, -0.05) is 13.8 Å². The topological polar surface area (TPSA) is 126 Å². The molecular weight excluding hydrogens is 362 g/mol. The van der Waals surface area contributed by atoms with E-state index in [0.29, 0.717) is 37.6 Å². The number of anilines is 2. The standard InChI is InChI=1S/C19H29N5O4/c1-13(2)11-16(23-19(20)27)18(26)22-15-5-3-14(4-6-15)21-17(25)12-24-7-9-28-10-8-24/h3-6,13,16H,7-12H2,1-2H3,(H,21,25)(H,22,26)(H3,20,23,27). The molecule has 28 heavy (non-hydrogen) atoms. The van der Waals surface area contributed by atoms with E-state index in [1.165, 1.54) is 0 Å². The summed E-state index contributed by atoms with van der Waals surface area (Å²) in [6.45, 7) is 7.00. The number of nitrogens with one attached hydrogen (secondary N) is 3. The number of hydrogen-bond donors (Lipinski definition) is 4. The minimum absolute atomic E-state index is 0.0960. The van der Waals surface area contributed by atoms with Gasteiger partial charge >= 0.3 is 6.03 Å². The number of amides is 4. The van der Waals surface area contributed by atoms with Crippen molar-refractivity contribution < 1.29 is 19.1 Å². The molecule has 1 aromatic rings. The molecule has 0 radical (unpaired) electrons. The van der Waals surface area contributed by atoms with Crippen molar-refractivity contribution >= 4 is 29.2 Å². The normalized spacial score (nSPS) is 15.7. The van der Waals surface area contributed by atoms with E-state index in [1.54, 1.807) is 24.3 Å². The smallest absolute Gasteiger partial charge is 0.312 e. The highest BCUT2D eigenvalue weighted by atomic mass is 16.5. The monoisotopic (exact) mass is 391 g/mol. The Morgan fingerprint density at radius 3 is 2.18 bits per heavy atom. The number of carbonyl (C=O) groups is 3. The van der Waals surface area contributed by atoms with Crippen molar-refractivity contribution in [2.45, 2.75) is 26.3 Å². The van der Waals surface area contributed by atoms with Crippen molar-refractivity contribution in [3.8, 4) is 0 Å². The second kappa shape index (κ2) is 10.6. The van der Waals surface area contributed by atoms with Crippen LogP contribution in [-0.4, -0.2) is 61.6 Å². The molecular formula is C19H29N5O4. The molecule has 1 unspecified atom stereocenters. The van der Waals surface area contributed by atoms with Gasteiger partial charge in [-0.15, -0.1) is 0 Å². The van der Waals surface area contributed by atoms with E-state index in [-0.39, 0.29) is 17.7 Å². The molecule has 9 nitrogen and oxygen atoms in total. The zero-order chi connectivity index (χ0) is 20.5. The molecule has 1 aliphatic rings. The van der Waals surface area contributed by atoms with Crippen molar-refractivity contribution in [1.29, 1.82) is 0 Å². The maximum atomic E-state index is 12.4. The Labute approximate surface area is 165 Å². The lowest BCUT2D eigenvalue weighted by Gasteiger charge is -2.25. The number of carbonyl (C=O) groups excluding carboxylic acids is 3. The van der Waals surface area contributed by atoms with E-state index in [9.17, 15) is 14.4 Å². The summed E-state index contributed by atoms with van der Waals surface area (Å²) in [5, 5.41) is 8.06. The van der Waals surface area contributed by atoms with E-state index in [0.717, 1.165) is 13.1 Å². The first-order chi connectivity index (χ1) is 13.3. The summed E-state index contributed by atoms with van der Waals surface area (Å²) in [5.41, 5.74) is 6.36. The molecule has 1 saturated heterocycles. The molecule has 0 bridgehead atoms.